The average Bonchev–Trinajstić information content (AvgIpc) is 2.81. The van der Waals surface area contributed by atoms with Gasteiger partial charge in [0.1, 0.15) is 6.54 Å². The summed E-state index contributed by atoms with van der Waals surface area (Å²) in [4.78, 5) is 12.1. The van der Waals surface area contributed by atoms with Crippen molar-refractivity contribution in [3.05, 3.63) is 39.2 Å². The predicted octanol–water partition coefficient (Wildman–Crippen LogP) is 4.42. The molecular weight excluding hydrogens is 312 g/mol. The topological polar surface area (TPSA) is 34.0 Å². The molecule has 22 heavy (non-hydrogen) atoms. The minimum Gasteiger partial charge on any atom is -0.355 e. The molecule has 0 aliphatic rings. The van der Waals surface area contributed by atoms with Gasteiger partial charge < -0.3 is 9.88 Å². The van der Waals surface area contributed by atoms with Gasteiger partial charge in [0.15, 0.2) is 3.95 Å². The Morgan fingerprint density at radius 2 is 2.00 bits per heavy atom. The summed E-state index contributed by atoms with van der Waals surface area (Å²) in [6, 6.07) is 8.28. The van der Waals surface area contributed by atoms with Crippen LogP contribution >= 0.6 is 23.6 Å². The van der Waals surface area contributed by atoms with Crippen LogP contribution in [0.2, 0.25) is 0 Å². The third-order valence-corrected chi connectivity index (χ3v) is 4.75. The molecule has 1 heterocycles. The lowest BCUT2D eigenvalue weighted by atomic mass is 10.1. The van der Waals surface area contributed by atoms with Gasteiger partial charge in [-0.25, -0.2) is 0 Å². The van der Waals surface area contributed by atoms with E-state index in [1.807, 2.05) is 9.95 Å². The smallest absolute Gasteiger partial charge is 0.240 e. The number of rotatable bonds is 6. The van der Waals surface area contributed by atoms with Gasteiger partial charge in [0.05, 0.1) is 5.69 Å². The number of hydrogen-bond donors (Lipinski definition) is 1. The summed E-state index contributed by atoms with van der Waals surface area (Å²) in [5, 5.41) is 4.99. The summed E-state index contributed by atoms with van der Waals surface area (Å²) in [5.41, 5.74) is 3.32. The largest absolute Gasteiger partial charge is 0.355 e. The van der Waals surface area contributed by atoms with Crippen molar-refractivity contribution in [1.82, 2.24) is 9.88 Å². The maximum absolute atomic E-state index is 12.1. The molecule has 1 amide bonds. The summed E-state index contributed by atoms with van der Waals surface area (Å²) in [6.07, 6.45) is 0.992. The zero-order chi connectivity index (χ0) is 16.1. The molecule has 1 N–H and O–H groups in total. The van der Waals surface area contributed by atoms with Crippen molar-refractivity contribution in [2.45, 2.75) is 33.7 Å². The van der Waals surface area contributed by atoms with Gasteiger partial charge in [-0.2, -0.15) is 0 Å². The van der Waals surface area contributed by atoms with Crippen LogP contribution in [0.3, 0.4) is 0 Å². The van der Waals surface area contributed by atoms with Gasteiger partial charge in [-0.05, 0) is 37.0 Å². The van der Waals surface area contributed by atoms with Crippen LogP contribution in [0.1, 0.15) is 25.8 Å². The highest BCUT2D eigenvalue weighted by Gasteiger charge is 2.10. The second kappa shape index (κ2) is 7.70. The highest BCUT2D eigenvalue weighted by molar-refractivity contribution is 7.73. The van der Waals surface area contributed by atoms with E-state index in [4.69, 9.17) is 12.2 Å². The maximum atomic E-state index is 12.1. The van der Waals surface area contributed by atoms with Gasteiger partial charge in [-0.3, -0.25) is 4.79 Å². The number of nitrogens with one attached hydrogen (secondary N) is 1. The summed E-state index contributed by atoms with van der Waals surface area (Å²) < 4.78 is 2.64. The molecule has 2 rings (SSSR count). The number of carbonyl (C=O) groups is 1. The lowest BCUT2D eigenvalue weighted by Crippen LogP contribution is -2.29. The number of benzene rings is 1. The molecule has 0 bridgehead atoms. The molecule has 5 heteroatoms. The van der Waals surface area contributed by atoms with E-state index in [-0.39, 0.29) is 12.5 Å². The third kappa shape index (κ3) is 4.52. The first kappa shape index (κ1) is 16.9. The quantitative estimate of drug-likeness (QED) is 0.794. The first-order valence-electron chi connectivity index (χ1n) is 7.49. The van der Waals surface area contributed by atoms with Crippen LogP contribution in [-0.4, -0.2) is 17.0 Å². The summed E-state index contributed by atoms with van der Waals surface area (Å²) in [6.45, 7) is 7.36. The molecule has 0 spiro atoms. The molecule has 0 aliphatic heterocycles. The van der Waals surface area contributed by atoms with Crippen molar-refractivity contribution in [3.8, 4) is 11.3 Å². The monoisotopic (exact) mass is 334 g/mol. The predicted molar refractivity (Wildman–Crippen MR) is 95.8 cm³/mol. The van der Waals surface area contributed by atoms with E-state index in [1.165, 1.54) is 16.9 Å². The van der Waals surface area contributed by atoms with E-state index in [2.05, 4.69) is 50.4 Å². The van der Waals surface area contributed by atoms with Crippen LogP contribution < -0.4 is 5.32 Å². The van der Waals surface area contributed by atoms with Gasteiger partial charge in [0.25, 0.3) is 0 Å². The van der Waals surface area contributed by atoms with Crippen molar-refractivity contribution >= 4 is 29.5 Å². The summed E-state index contributed by atoms with van der Waals surface area (Å²) >= 11 is 6.87. The Kier molecular flexibility index (Phi) is 5.91. The number of aromatic nitrogens is 1. The van der Waals surface area contributed by atoms with Crippen LogP contribution in [0.25, 0.3) is 11.3 Å². The molecule has 0 aliphatic carbocycles. The lowest BCUT2D eigenvalue weighted by Gasteiger charge is -2.10. The number of amides is 1. The van der Waals surface area contributed by atoms with E-state index in [9.17, 15) is 4.79 Å². The molecule has 0 atom stereocenters. The Bertz CT molecular complexity index is 683. The fourth-order valence-corrected chi connectivity index (χ4v) is 3.20. The van der Waals surface area contributed by atoms with E-state index >= 15 is 0 Å². The summed E-state index contributed by atoms with van der Waals surface area (Å²) in [7, 11) is 0. The van der Waals surface area contributed by atoms with Crippen LogP contribution in [0, 0.1) is 16.8 Å². The second-order valence-electron chi connectivity index (χ2n) is 5.87. The molecule has 118 valence electrons. The highest BCUT2D eigenvalue weighted by atomic mass is 32.1. The van der Waals surface area contributed by atoms with Gasteiger partial charge >= 0.3 is 0 Å². The Morgan fingerprint density at radius 3 is 2.64 bits per heavy atom. The van der Waals surface area contributed by atoms with Crippen LogP contribution in [0.4, 0.5) is 0 Å². The lowest BCUT2D eigenvalue weighted by molar-refractivity contribution is -0.121. The molecule has 0 saturated carbocycles. The molecule has 2 aromatic rings. The Hall–Kier alpha value is -1.46. The minimum absolute atomic E-state index is 0.0171. The van der Waals surface area contributed by atoms with Crippen molar-refractivity contribution in [1.29, 1.82) is 0 Å². The van der Waals surface area contributed by atoms with E-state index in [0.29, 0.717) is 12.5 Å². The standard InChI is InChI=1S/C17H22N2OS2/c1-12(2)8-9-18-16(20)10-19-15(11-22-17(19)21)14-6-4-13(3)5-7-14/h4-7,11-12H,8-10H2,1-3H3,(H,18,20). The zero-order valence-corrected chi connectivity index (χ0v) is 14.9. The van der Waals surface area contributed by atoms with E-state index in [1.54, 1.807) is 0 Å². The number of hydrogen-bond acceptors (Lipinski definition) is 3. The van der Waals surface area contributed by atoms with Gasteiger partial charge in [-0.1, -0.05) is 43.7 Å². The molecule has 0 fully saturated rings. The fourth-order valence-electron chi connectivity index (χ4n) is 2.13. The van der Waals surface area contributed by atoms with Crippen LogP contribution in [0.15, 0.2) is 29.6 Å². The molecule has 1 aromatic carbocycles. The Labute approximate surface area is 141 Å². The van der Waals surface area contributed by atoms with Crippen LogP contribution in [0.5, 0.6) is 0 Å². The molecule has 1 aromatic heterocycles. The van der Waals surface area contributed by atoms with Crippen molar-refractivity contribution in [2.75, 3.05) is 6.54 Å². The molecular formula is C17H22N2OS2. The summed E-state index contributed by atoms with van der Waals surface area (Å²) in [5.74, 6) is 0.607. The van der Waals surface area contributed by atoms with E-state index in [0.717, 1.165) is 21.6 Å². The molecule has 3 nitrogen and oxygen atoms in total. The van der Waals surface area contributed by atoms with Gasteiger partial charge in [0.2, 0.25) is 5.91 Å². The average molecular weight is 335 g/mol. The Balaban J connectivity index is 2.11. The van der Waals surface area contributed by atoms with E-state index < -0.39 is 0 Å². The highest BCUT2D eigenvalue weighted by Crippen LogP contribution is 2.24. The number of thiazole rings is 1. The third-order valence-electron chi connectivity index (χ3n) is 3.48. The number of aryl methyl sites for hydroxylation is 1. The second-order valence-corrected chi connectivity index (χ2v) is 7.37. The first-order valence-corrected chi connectivity index (χ1v) is 8.78. The molecule has 0 radical (unpaired) electrons. The van der Waals surface area contributed by atoms with Gasteiger partial charge in [-0.15, -0.1) is 11.3 Å². The minimum atomic E-state index is 0.0171. The van der Waals surface area contributed by atoms with Crippen molar-refractivity contribution in [3.63, 3.8) is 0 Å². The Morgan fingerprint density at radius 1 is 1.32 bits per heavy atom. The maximum Gasteiger partial charge on any atom is 0.240 e. The van der Waals surface area contributed by atoms with Gasteiger partial charge in [0, 0.05) is 11.9 Å². The molecule has 0 unspecified atom stereocenters. The fraction of sp³-hybridized carbons (Fsp3) is 0.412. The number of carbonyl (C=O) groups excluding carboxylic acids is 1. The van der Waals surface area contributed by atoms with Crippen molar-refractivity contribution < 1.29 is 4.79 Å². The zero-order valence-electron chi connectivity index (χ0n) is 13.3. The normalized spacial score (nSPS) is 10.9. The molecule has 0 saturated heterocycles. The van der Waals surface area contributed by atoms with Crippen LogP contribution in [-0.2, 0) is 11.3 Å². The van der Waals surface area contributed by atoms with Crippen molar-refractivity contribution in [2.24, 2.45) is 5.92 Å². The first-order chi connectivity index (χ1) is 10.5. The SMILES string of the molecule is Cc1ccc(-c2csc(=S)n2CC(=O)NCCC(C)C)cc1. The number of nitrogens with zero attached hydrogens (tertiary/aromatic N) is 1.